The summed E-state index contributed by atoms with van der Waals surface area (Å²) in [6.45, 7) is -0.00948. The number of aliphatic hydroxyl groups is 1. The molecule has 25 heavy (non-hydrogen) atoms. The fourth-order valence-corrected chi connectivity index (χ4v) is 2.91. The predicted octanol–water partition coefficient (Wildman–Crippen LogP) is 4.52. The third kappa shape index (κ3) is 5.11. The lowest BCUT2D eigenvalue weighted by atomic mass is 9.92. The summed E-state index contributed by atoms with van der Waals surface area (Å²) in [7, 11) is 3.33. The molecular formula is C19H21Cl2NO3. The second-order valence-electron chi connectivity index (χ2n) is 5.74. The number of halogens is 2. The molecule has 1 atom stereocenters. The van der Waals surface area contributed by atoms with Gasteiger partial charge in [-0.1, -0.05) is 29.3 Å². The smallest absolute Gasteiger partial charge is 0.227 e. The maximum atomic E-state index is 12.7. The Morgan fingerprint density at radius 1 is 1.16 bits per heavy atom. The van der Waals surface area contributed by atoms with Crippen LogP contribution in [-0.2, 0) is 4.79 Å². The molecule has 0 bridgehead atoms. The highest BCUT2D eigenvalue weighted by Gasteiger charge is 2.20. The highest BCUT2D eigenvalue weighted by Crippen LogP contribution is 2.31. The molecule has 0 aliphatic carbocycles. The molecule has 0 heterocycles. The lowest BCUT2D eigenvalue weighted by Crippen LogP contribution is -2.28. The molecule has 0 saturated heterocycles. The van der Waals surface area contributed by atoms with Gasteiger partial charge in [0, 0.05) is 25.8 Å². The summed E-state index contributed by atoms with van der Waals surface area (Å²) in [4.78, 5) is 14.3. The topological polar surface area (TPSA) is 49.8 Å². The Hall–Kier alpha value is -1.75. The number of nitrogens with zero attached hydrogens (tertiary/aromatic N) is 1. The second kappa shape index (κ2) is 9.09. The van der Waals surface area contributed by atoms with Gasteiger partial charge < -0.3 is 14.7 Å². The number of carbonyl (C=O) groups excluding carboxylic acids is 1. The lowest BCUT2D eigenvalue weighted by Gasteiger charge is -2.22. The number of anilines is 1. The third-order valence-corrected chi connectivity index (χ3v) is 4.89. The van der Waals surface area contributed by atoms with Gasteiger partial charge in [-0.05, 0) is 54.3 Å². The summed E-state index contributed by atoms with van der Waals surface area (Å²) in [5.74, 6) is 0.557. The van der Waals surface area contributed by atoms with Gasteiger partial charge in [-0.2, -0.15) is 0 Å². The van der Waals surface area contributed by atoms with Crippen molar-refractivity contribution in [2.45, 2.75) is 18.8 Å². The summed E-state index contributed by atoms with van der Waals surface area (Å²) in [5, 5.41) is 10.3. The van der Waals surface area contributed by atoms with Crippen LogP contribution in [0.5, 0.6) is 5.75 Å². The fourth-order valence-electron chi connectivity index (χ4n) is 2.61. The first-order valence-corrected chi connectivity index (χ1v) is 8.68. The summed E-state index contributed by atoms with van der Waals surface area (Å²) in [5.41, 5.74) is 1.67. The molecule has 1 unspecified atom stereocenters. The molecule has 0 fully saturated rings. The number of carbonyl (C=O) groups is 1. The molecule has 0 radical (unpaired) electrons. The predicted molar refractivity (Wildman–Crippen MR) is 102 cm³/mol. The molecule has 2 rings (SSSR count). The van der Waals surface area contributed by atoms with E-state index in [1.165, 1.54) is 0 Å². The number of hydrogen-bond acceptors (Lipinski definition) is 3. The number of aliphatic hydroxyl groups excluding tert-OH is 1. The van der Waals surface area contributed by atoms with E-state index in [1.54, 1.807) is 31.2 Å². The van der Waals surface area contributed by atoms with Crippen molar-refractivity contribution >= 4 is 34.8 Å². The highest BCUT2D eigenvalue weighted by molar-refractivity contribution is 6.42. The minimum absolute atomic E-state index is 0.00948. The Morgan fingerprint density at radius 2 is 1.84 bits per heavy atom. The second-order valence-corrected chi connectivity index (χ2v) is 6.55. The highest BCUT2D eigenvalue weighted by atomic mass is 35.5. The van der Waals surface area contributed by atoms with Crippen LogP contribution in [0.4, 0.5) is 5.69 Å². The molecule has 0 aliphatic heterocycles. The van der Waals surface area contributed by atoms with Gasteiger partial charge in [0.05, 0.1) is 17.2 Å². The SMILES string of the molecule is COc1ccc(N(C)C(=O)CC(CCO)c2ccc(Cl)c(Cl)c2)cc1. The van der Waals surface area contributed by atoms with Crippen molar-refractivity contribution < 1.29 is 14.6 Å². The zero-order valence-corrected chi connectivity index (χ0v) is 15.7. The molecule has 2 aromatic rings. The van der Waals surface area contributed by atoms with E-state index in [0.29, 0.717) is 16.5 Å². The minimum atomic E-state index is -0.132. The maximum Gasteiger partial charge on any atom is 0.227 e. The Balaban J connectivity index is 2.14. The van der Waals surface area contributed by atoms with Crippen LogP contribution in [0.15, 0.2) is 42.5 Å². The van der Waals surface area contributed by atoms with E-state index in [9.17, 15) is 9.90 Å². The zero-order chi connectivity index (χ0) is 18.4. The summed E-state index contributed by atoms with van der Waals surface area (Å²) in [6.07, 6.45) is 0.737. The van der Waals surface area contributed by atoms with Gasteiger partial charge >= 0.3 is 0 Å². The molecule has 2 aromatic carbocycles. The van der Waals surface area contributed by atoms with Gasteiger partial charge in [0.2, 0.25) is 5.91 Å². The standard InChI is InChI=1S/C19H21Cl2NO3/c1-22(15-4-6-16(25-2)7-5-15)19(24)12-14(9-10-23)13-3-8-17(20)18(21)11-13/h3-8,11,14,23H,9-10,12H2,1-2H3. The first-order valence-electron chi connectivity index (χ1n) is 7.92. The van der Waals surface area contributed by atoms with Crippen molar-refractivity contribution in [1.82, 2.24) is 0 Å². The Bertz CT molecular complexity index is 719. The van der Waals surface area contributed by atoms with E-state index < -0.39 is 0 Å². The van der Waals surface area contributed by atoms with Crippen molar-refractivity contribution in [3.63, 3.8) is 0 Å². The van der Waals surface area contributed by atoms with Crippen molar-refractivity contribution in [3.05, 3.63) is 58.1 Å². The van der Waals surface area contributed by atoms with E-state index >= 15 is 0 Å². The van der Waals surface area contributed by atoms with E-state index in [1.807, 2.05) is 30.3 Å². The molecule has 134 valence electrons. The molecular weight excluding hydrogens is 361 g/mol. The van der Waals surface area contributed by atoms with Crippen molar-refractivity contribution in [3.8, 4) is 5.75 Å². The van der Waals surface area contributed by atoms with Crippen LogP contribution in [0.3, 0.4) is 0 Å². The normalized spacial score (nSPS) is 11.9. The van der Waals surface area contributed by atoms with Gasteiger partial charge in [-0.3, -0.25) is 4.79 Å². The van der Waals surface area contributed by atoms with Crippen LogP contribution in [0.2, 0.25) is 10.0 Å². The number of methoxy groups -OCH3 is 1. The van der Waals surface area contributed by atoms with Gasteiger partial charge in [0.25, 0.3) is 0 Å². The summed E-state index contributed by atoms with van der Waals surface area (Å²) < 4.78 is 5.13. The van der Waals surface area contributed by atoms with Crippen LogP contribution < -0.4 is 9.64 Å². The Kier molecular flexibility index (Phi) is 7.12. The van der Waals surface area contributed by atoms with Gasteiger partial charge in [0.15, 0.2) is 0 Å². The number of benzene rings is 2. The Labute approximate surface area is 157 Å². The van der Waals surface area contributed by atoms with Crippen LogP contribution in [0.25, 0.3) is 0 Å². The number of rotatable bonds is 7. The van der Waals surface area contributed by atoms with E-state index in [0.717, 1.165) is 17.0 Å². The summed E-state index contributed by atoms with van der Waals surface area (Å²) >= 11 is 12.0. The minimum Gasteiger partial charge on any atom is -0.497 e. The average molecular weight is 382 g/mol. The van der Waals surface area contributed by atoms with E-state index in [2.05, 4.69) is 0 Å². The Morgan fingerprint density at radius 3 is 2.40 bits per heavy atom. The average Bonchev–Trinajstić information content (AvgIpc) is 2.63. The van der Waals surface area contributed by atoms with Crippen molar-refractivity contribution in [2.75, 3.05) is 25.7 Å². The molecule has 1 N–H and O–H groups in total. The van der Waals surface area contributed by atoms with Crippen molar-refractivity contribution in [2.24, 2.45) is 0 Å². The van der Waals surface area contributed by atoms with E-state index in [4.69, 9.17) is 27.9 Å². The van der Waals surface area contributed by atoms with Crippen LogP contribution in [-0.4, -0.2) is 31.8 Å². The van der Waals surface area contributed by atoms with Crippen LogP contribution >= 0.6 is 23.2 Å². The molecule has 6 heteroatoms. The van der Waals surface area contributed by atoms with Crippen LogP contribution in [0, 0.1) is 0 Å². The number of amides is 1. The summed E-state index contributed by atoms with van der Waals surface area (Å²) in [6, 6.07) is 12.6. The maximum absolute atomic E-state index is 12.7. The van der Waals surface area contributed by atoms with Crippen molar-refractivity contribution in [1.29, 1.82) is 0 Å². The largest absolute Gasteiger partial charge is 0.497 e. The fraction of sp³-hybridized carbons (Fsp3) is 0.316. The van der Waals surface area contributed by atoms with E-state index in [-0.39, 0.29) is 24.9 Å². The molecule has 0 spiro atoms. The number of ether oxygens (including phenoxy) is 1. The monoisotopic (exact) mass is 381 g/mol. The first-order chi connectivity index (χ1) is 12.0. The molecule has 0 aliphatic rings. The third-order valence-electron chi connectivity index (χ3n) is 4.15. The van der Waals surface area contributed by atoms with Gasteiger partial charge in [0.1, 0.15) is 5.75 Å². The van der Waals surface area contributed by atoms with Gasteiger partial charge in [-0.15, -0.1) is 0 Å². The quantitative estimate of drug-likeness (QED) is 0.766. The lowest BCUT2D eigenvalue weighted by molar-refractivity contribution is -0.118. The van der Waals surface area contributed by atoms with Gasteiger partial charge in [-0.25, -0.2) is 0 Å². The molecule has 4 nitrogen and oxygen atoms in total. The molecule has 0 aromatic heterocycles. The zero-order valence-electron chi connectivity index (χ0n) is 14.2. The van der Waals surface area contributed by atoms with Crippen LogP contribution in [0.1, 0.15) is 24.3 Å². The molecule has 0 saturated carbocycles. The first kappa shape index (κ1) is 19.6. The number of hydrogen-bond donors (Lipinski definition) is 1. The molecule has 1 amide bonds.